The summed E-state index contributed by atoms with van der Waals surface area (Å²) in [6, 6.07) is 5.69. The third-order valence-electron chi connectivity index (χ3n) is 3.45. The van der Waals surface area contributed by atoms with Crippen molar-refractivity contribution in [1.82, 2.24) is 9.88 Å². The molecule has 4 nitrogen and oxygen atoms in total. The predicted molar refractivity (Wildman–Crippen MR) is 74.4 cm³/mol. The van der Waals surface area contributed by atoms with Crippen LogP contribution in [0.25, 0.3) is 10.9 Å². The van der Waals surface area contributed by atoms with Crippen molar-refractivity contribution < 1.29 is 4.79 Å². The summed E-state index contributed by atoms with van der Waals surface area (Å²) in [5, 5.41) is 3.28. The molecule has 1 aromatic heterocycles. The molecule has 96 valence electrons. The summed E-state index contributed by atoms with van der Waals surface area (Å²) in [6.45, 7) is 4.72. The van der Waals surface area contributed by atoms with Crippen LogP contribution in [0.2, 0.25) is 0 Å². The first kappa shape index (κ1) is 11.7. The summed E-state index contributed by atoms with van der Waals surface area (Å²) in [6.07, 6.45) is 4.17. The Morgan fingerprint density at radius 1 is 1.47 bits per heavy atom. The molecule has 0 saturated carbocycles. The molecule has 0 bridgehead atoms. The standard InChI is InChI=1S/C15H14N2O2/c1-2-7-16-15(19)12-9-17-8-6-10-4-3-5-11(13(10)17)14(12)18/h2-5,9H,1,6-8H2,(H,16,19). The molecule has 2 aromatic rings. The molecule has 0 spiro atoms. The second-order valence-electron chi connectivity index (χ2n) is 4.63. The Morgan fingerprint density at radius 2 is 2.32 bits per heavy atom. The van der Waals surface area contributed by atoms with Crippen LogP contribution in [0.15, 0.2) is 41.8 Å². The van der Waals surface area contributed by atoms with Crippen molar-refractivity contribution in [2.75, 3.05) is 6.54 Å². The van der Waals surface area contributed by atoms with Crippen molar-refractivity contribution in [3.8, 4) is 0 Å². The summed E-state index contributed by atoms with van der Waals surface area (Å²) in [7, 11) is 0. The number of pyridine rings is 1. The molecule has 0 saturated heterocycles. The van der Waals surface area contributed by atoms with E-state index >= 15 is 0 Å². The molecule has 1 aliphatic rings. The fourth-order valence-corrected chi connectivity index (χ4v) is 2.58. The van der Waals surface area contributed by atoms with Gasteiger partial charge in [0.1, 0.15) is 5.56 Å². The van der Waals surface area contributed by atoms with Crippen molar-refractivity contribution >= 4 is 16.8 Å². The monoisotopic (exact) mass is 254 g/mol. The number of carbonyl (C=O) groups is 1. The van der Waals surface area contributed by atoms with E-state index in [-0.39, 0.29) is 16.9 Å². The van der Waals surface area contributed by atoms with Gasteiger partial charge in [-0.15, -0.1) is 6.58 Å². The van der Waals surface area contributed by atoms with Gasteiger partial charge in [-0.1, -0.05) is 18.2 Å². The molecule has 0 radical (unpaired) electrons. The van der Waals surface area contributed by atoms with Crippen LogP contribution in [0.5, 0.6) is 0 Å². The molecule has 1 aromatic carbocycles. The summed E-state index contributed by atoms with van der Waals surface area (Å²) in [5.74, 6) is -0.340. The maximum absolute atomic E-state index is 12.4. The zero-order valence-electron chi connectivity index (χ0n) is 10.5. The Morgan fingerprint density at radius 3 is 3.11 bits per heavy atom. The normalized spacial score (nSPS) is 12.6. The van der Waals surface area contributed by atoms with Gasteiger partial charge in [-0.25, -0.2) is 0 Å². The topological polar surface area (TPSA) is 51.1 Å². The van der Waals surface area contributed by atoms with Gasteiger partial charge in [0.15, 0.2) is 0 Å². The number of nitrogens with zero attached hydrogens (tertiary/aromatic N) is 1. The van der Waals surface area contributed by atoms with E-state index < -0.39 is 0 Å². The molecule has 1 aliphatic heterocycles. The molecule has 0 fully saturated rings. The molecule has 1 amide bonds. The molecule has 0 unspecified atom stereocenters. The number of aromatic nitrogens is 1. The van der Waals surface area contributed by atoms with Gasteiger partial charge in [-0.3, -0.25) is 9.59 Å². The Balaban J connectivity index is 2.20. The lowest BCUT2D eigenvalue weighted by molar-refractivity contribution is 0.0956. The largest absolute Gasteiger partial charge is 0.348 e. The molecular formula is C15H14N2O2. The van der Waals surface area contributed by atoms with Crippen LogP contribution in [0.4, 0.5) is 0 Å². The van der Waals surface area contributed by atoms with E-state index in [0.717, 1.165) is 18.5 Å². The van der Waals surface area contributed by atoms with E-state index in [1.54, 1.807) is 18.3 Å². The van der Waals surface area contributed by atoms with Crippen LogP contribution in [-0.2, 0) is 13.0 Å². The minimum absolute atomic E-state index is 0.198. The maximum Gasteiger partial charge on any atom is 0.257 e. The van der Waals surface area contributed by atoms with Gasteiger partial charge >= 0.3 is 0 Å². The fourth-order valence-electron chi connectivity index (χ4n) is 2.58. The van der Waals surface area contributed by atoms with E-state index in [4.69, 9.17) is 0 Å². The van der Waals surface area contributed by atoms with E-state index in [9.17, 15) is 9.59 Å². The van der Waals surface area contributed by atoms with E-state index in [1.807, 2.05) is 16.7 Å². The number of amides is 1. The zero-order chi connectivity index (χ0) is 13.4. The number of benzene rings is 1. The highest BCUT2D eigenvalue weighted by molar-refractivity contribution is 5.98. The highest BCUT2D eigenvalue weighted by Gasteiger charge is 2.19. The van der Waals surface area contributed by atoms with E-state index in [2.05, 4.69) is 11.9 Å². The first-order valence-corrected chi connectivity index (χ1v) is 6.26. The quantitative estimate of drug-likeness (QED) is 0.843. The average Bonchev–Trinajstić information content (AvgIpc) is 2.84. The van der Waals surface area contributed by atoms with E-state index in [1.165, 1.54) is 5.56 Å². The lowest BCUT2D eigenvalue weighted by Crippen LogP contribution is -2.29. The van der Waals surface area contributed by atoms with Crippen LogP contribution in [0.1, 0.15) is 15.9 Å². The maximum atomic E-state index is 12.4. The predicted octanol–water partition coefficient (Wildman–Crippen LogP) is 1.47. The zero-order valence-corrected chi connectivity index (χ0v) is 10.5. The average molecular weight is 254 g/mol. The van der Waals surface area contributed by atoms with Crippen molar-refractivity contribution in [2.45, 2.75) is 13.0 Å². The van der Waals surface area contributed by atoms with Gasteiger partial charge in [-0.05, 0) is 18.1 Å². The molecular weight excluding hydrogens is 240 g/mol. The van der Waals surface area contributed by atoms with E-state index in [0.29, 0.717) is 11.9 Å². The second-order valence-corrected chi connectivity index (χ2v) is 4.63. The van der Waals surface area contributed by atoms with Crippen LogP contribution in [0, 0.1) is 0 Å². The van der Waals surface area contributed by atoms with Crippen LogP contribution >= 0.6 is 0 Å². The Labute approximate surface area is 110 Å². The molecule has 3 rings (SSSR count). The number of hydrogen-bond acceptors (Lipinski definition) is 2. The highest BCUT2D eigenvalue weighted by atomic mass is 16.2. The van der Waals surface area contributed by atoms with Gasteiger partial charge in [0, 0.05) is 24.7 Å². The second kappa shape index (κ2) is 4.39. The van der Waals surface area contributed by atoms with Crippen molar-refractivity contribution in [1.29, 1.82) is 0 Å². The molecule has 0 aliphatic carbocycles. The van der Waals surface area contributed by atoms with Gasteiger partial charge in [0.25, 0.3) is 5.91 Å². The lowest BCUT2D eigenvalue weighted by atomic mass is 10.1. The lowest BCUT2D eigenvalue weighted by Gasteiger charge is -2.08. The molecule has 19 heavy (non-hydrogen) atoms. The summed E-state index contributed by atoms with van der Waals surface area (Å²) in [4.78, 5) is 24.3. The highest BCUT2D eigenvalue weighted by Crippen LogP contribution is 2.23. The Bertz CT molecular complexity index is 744. The number of nitrogens with one attached hydrogen (secondary N) is 1. The summed E-state index contributed by atoms with van der Waals surface area (Å²) < 4.78 is 1.99. The first-order valence-electron chi connectivity index (χ1n) is 6.26. The third kappa shape index (κ3) is 1.76. The number of para-hydroxylation sites is 1. The molecule has 4 heteroatoms. The SMILES string of the molecule is C=CCNC(=O)c1cn2c3c(cccc3c1=O)CC2. The van der Waals surface area contributed by atoms with Gasteiger partial charge in [0.2, 0.25) is 5.43 Å². The minimum atomic E-state index is -0.340. The molecule has 1 N–H and O–H groups in total. The third-order valence-corrected chi connectivity index (χ3v) is 3.45. The van der Waals surface area contributed by atoms with Crippen LogP contribution in [-0.4, -0.2) is 17.0 Å². The van der Waals surface area contributed by atoms with Gasteiger partial charge < -0.3 is 9.88 Å². The summed E-state index contributed by atoms with van der Waals surface area (Å²) in [5.41, 5.74) is 2.14. The van der Waals surface area contributed by atoms with Crippen molar-refractivity contribution in [3.63, 3.8) is 0 Å². The van der Waals surface area contributed by atoms with Gasteiger partial charge in [0.05, 0.1) is 5.52 Å². The number of aryl methyl sites for hydroxylation is 2. The smallest absolute Gasteiger partial charge is 0.257 e. The number of hydrogen-bond donors (Lipinski definition) is 1. The Kier molecular flexibility index (Phi) is 2.71. The fraction of sp³-hybridized carbons (Fsp3) is 0.200. The Hall–Kier alpha value is -2.36. The van der Waals surface area contributed by atoms with Crippen molar-refractivity contribution in [2.24, 2.45) is 0 Å². The van der Waals surface area contributed by atoms with Gasteiger partial charge in [-0.2, -0.15) is 0 Å². The summed E-state index contributed by atoms with van der Waals surface area (Å²) >= 11 is 0. The first-order chi connectivity index (χ1) is 9.22. The minimum Gasteiger partial charge on any atom is -0.348 e. The van der Waals surface area contributed by atoms with Crippen molar-refractivity contribution in [3.05, 3.63) is 58.4 Å². The number of carbonyl (C=O) groups excluding carboxylic acids is 1. The number of rotatable bonds is 3. The van der Waals surface area contributed by atoms with Crippen LogP contribution < -0.4 is 10.7 Å². The van der Waals surface area contributed by atoms with Crippen LogP contribution in [0.3, 0.4) is 0 Å². The molecule has 0 atom stereocenters. The molecule has 2 heterocycles.